The summed E-state index contributed by atoms with van der Waals surface area (Å²) in [7, 11) is 0. The Bertz CT molecular complexity index is 886. The van der Waals surface area contributed by atoms with Crippen molar-refractivity contribution in [3.05, 3.63) is 48.8 Å². The molecule has 1 fully saturated rings. The van der Waals surface area contributed by atoms with Gasteiger partial charge in [0.15, 0.2) is 0 Å². The molecule has 0 atom stereocenters. The van der Waals surface area contributed by atoms with Crippen LogP contribution in [0.1, 0.15) is 0 Å². The number of hydrogen-bond acceptors (Lipinski definition) is 6. The number of aromatic nitrogens is 3. The molecule has 1 amide bonds. The van der Waals surface area contributed by atoms with Gasteiger partial charge in [-0.25, -0.2) is 4.98 Å². The molecule has 7 heteroatoms. The highest BCUT2D eigenvalue weighted by molar-refractivity contribution is 5.91. The first-order valence-electron chi connectivity index (χ1n) is 8.21. The Balaban J connectivity index is 1.56. The fourth-order valence-electron chi connectivity index (χ4n) is 2.97. The van der Waals surface area contributed by atoms with E-state index in [1.54, 1.807) is 17.3 Å². The third-order valence-electron chi connectivity index (χ3n) is 4.31. The van der Waals surface area contributed by atoms with Crippen molar-refractivity contribution in [2.45, 2.75) is 0 Å². The molecule has 7 nitrogen and oxygen atoms in total. The zero-order chi connectivity index (χ0) is 17.1. The highest BCUT2D eigenvalue weighted by atomic mass is 16.1. The number of nitrogens with zero attached hydrogens (tertiary/aromatic N) is 5. The molecule has 126 valence electrons. The number of pyridine rings is 1. The summed E-state index contributed by atoms with van der Waals surface area (Å²) >= 11 is 0. The van der Waals surface area contributed by atoms with E-state index < -0.39 is 0 Å². The third kappa shape index (κ3) is 3.21. The Morgan fingerprint density at radius 1 is 0.960 bits per heavy atom. The number of carbonyl (C=O) groups excluding carboxylic acids is 1. The summed E-state index contributed by atoms with van der Waals surface area (Å²) in [5, 5.41) is 4.33. The van der Waals surface area contributed by atoms with Crippen molar-refractivity contribution in [2.75, 3.05) is 36.4 Å². The van der Waals surface area contributed by atoms with Crippen molar-refractivity contribution in [2.24, 2.45) is 0 Å². The van der Waals surface area contributed by atoms with Crippen molar-refractivity contribution in [1.82, 2.24) is 19.9 Å². The first-order chi connectivity index (χ1) is 12.3. The minimum absolute atomic E-state index is 0.536. The molecule has 3 aromatic rings. The van der Waals surface area contributed by atoms with E-state index in [4.69, 9.17) is 0 Å². The highest BCUT2D eigenvalue weighted by Crippen LogP contribution is 2.24. The van der Waals surface area contributed by atoms with Gasteiger partial charge in [-0.2, -0.15) is 4.98 Å². The molecule has 1 saturated heterocycles. The Morgan fingerprint density at radius 2 is 1.80 bits per heavy atom. The average Bonchev–Trinajstić information content (AvgIpc) is 2.69. The Labute approximate surface area is 145 Å². The van der Waals surface area contributed by atoms with Gasteiger partial charge in [0.2, 0.25) is 12.4 Å². The van der Waals surface area contributed by atoms with Crippen LogP contribution in [0, 0.1) is 0 Å². The zero-order valence-electron chi connectivity index (χ0n) is 13.7. The van der Waals surface area contributed by atoms with Crippen molar-refractivity contribution >= 4 is 34.8 Å². The van der Waals surface area contributed by atoms with Gasteiger partial charge in [0.25, 0.3) is 0 Å². The molecular weight excluding hydrogens is 316 g/mol. The number of carbonyl (C=O) groups is 1. The molecule has 25 heavy (non-hydrogen) atoms. The minimum atomic E-state index is 0.536. The number of benzene rings is 1. The van der Waals surface area contributed by atoms with Crippen molar-refractivity contribution < 1.29 is 4.79 Å². The van der Waals surface area contributed by atoms with E-state index in [9.17, 15) is 4.79 Å². The van der Waals surface area contributed by atoms with E-state index in [1.165, 1.54) is 0 Å². The smallest absolute Gasteiger partial charge is 0.229 e. The molecule has 0 unspecified atom stereocenters. The molecule has 4 rings (SSSR count). The van der Waals surface area contributed by atoms with Gasteiger partial charge in [-0.15, -0.1) is 0 Å². The number of para-hydroxylation sites is 1. The molecule has 0 radical (unpaired) electrons. The van der Waals surface area contributed by atoms with Crippen LogP contribution in [0.3, 0.4) is 0 Å². The van der Waals surface area contributed by atoms with Crippen LogP contribution in [0.15, 0.2) is 48.8 Å². The Kier molecular flexibility index (Phi) is 4.12. The van der Waals surface area contributed by atoms with Gasteiger partial charge in [0.1, 0.15) is 5.82 Å². The number of rotatable bonds is 4. The number of hydrogen-bond donors (Lipinski definition) is 1. The molecule has 1 N–H and O–H groups in total. The van der Waals surface area contributed by atoms with Gasteiger partial charge in [-0.05, 0) is 18.2 Å². The number of fused-ring (bicyclic) bond motifs is 1. The molecule has 1 aromatic carbocycles. The van der Waals surface area contributed by atoms with Crippen LogP contribution in [0.5, 0.6) is 0 Å². The molecule has 1 aliphatic rings. The van der Waals surface area contributed by atoms with Crippen LogP contribution in [0.4, 0.5) is 17.5 Å². The molecule has 0 spiro atoms. The largest absolute Gasteiger partial charge is 0.353 e. The standard InChI is InChI=1S/C18H18N6O/c25-13-23-9-11-24(12-10-23)16-6-8-20-18(22-16)21-15-5-1-3-14-4-2-7-19-17(14)15/h1-8,13H,9-12H2,(H,20,21,22). The van der Waals surface area contributed by atoms with Crippen molar-refractivity contribution in [3.63, 3.8) is 0 Å². The summed E-state index contributed by atoms with van der Waals surface area (Å²) in [6.07, 6.45) is 4.42. The first kappa shape index (κ1) is 15.3. The Morgan fingerprint density at radius 3 is 2.64 bits per heavy atom. The lowest BCUT2D eigenvalue weighted by Gasteiger charge is -2.33. The summed E-state index contributed by atoms with van der Waals surface area (Å²) in [6.45, 7) is 2.96. The maximum Gasteiger partial charge on any atom is 0.229 e. The van der Waals surface area contributed by atoms with E-state index in [-0.39, 0.29) is 0 Å². The van der Waals surface area contributed by atoms with Crippen molar-refractivity contribution in [3.8, 4) is 0 Å². The maximum atomic E-state index is 10.8. The molecule has 3 heterocycles. The first-order valence-corrected chi connectivity index (χ1v) is 8.21. The fraction of sp³-hybridized carbons (Fsp3) is 0.222. The van der Waals surface area contributed by atoms with E-state index in [1.807, 2.05) is 36.4 Å². The number of piperazine rings is 1. The summed E-state index contributed by atoms with van der Waals surface area (Å²) in [4.78, 5) is 28.2. The lowest BCUT2D eigenvalue weighted by atomic mass is 10.2. The average molecular weight is 334 g/mol. The fourth-order valence-corrected chi connectivity index (χ4v) is 2.97. The molecule has 2 aromatic heterocycles. The van der Waals surface area contributed by atoms with Crippen LogP contribution in [-0.2, 0) is 4.79 Å². The van der Waals surface area contributed by atoms with Crippen LogP contribution < -0.4 is 10.2 Å². The van der Waals surface area contributed by atoms with E-state index in [0.717, 1.165) is 41.9 Å². The maximum absolute atomic E-state index is 10.8. The van der Waals surface area contributed by atoms with E-state index in [2.05, 4.69) is 25.2 Å². The van der Waals surface area contributed by atoms with Gasteiger partial charge in [0.05, 0.1) is 11.2 Å². The summed E-state index contributed by atoms with van der Waals surface area (Å²) in [5.74, 6) is 1.39. The normalized spacial score (nSPS) is 14.6. The molecule has 0 saturated carbocycles. The van der Waals surface area contributed by atoms with Gasteiger partial charge >= 0.3 is 0 Å². The summed E-state index contributed by atoms with van der Waals surface area (Å²) < 4.78 is 0. The topological polar surface area (TPSA) is 74.2 Å². The van der Waals surface area contributed by atoms with E-state index >= 15 is 0 Å². The minimum Gasteiger partial charge on any atom is -0.353 e. The SMILES string of the molecule is O=CN1CCN(c2ccnc(Nc3cccc4cccnc34)n2)CC1. The van der Waals surface area contributed by atoms with Gasteiger partial charge in [-0.3, -0.25) is 9.78 Å². The number of amides is 1. The van der Waals surface area contributed by atoms with Crippen LogP contribution in [0.2, 0.25) is 0 Å². The van der Waals surface area contributed by atoms with E-state index in [0.29, 0.717) is 19.0 Å². The molecule has 0 bridgehead atoms. The van der Waals surface area contributed by atoms with Crippen molar-refractivity contribution in [1.29, 1.82) is 0 Å². The lowest BCUT2D eigenvalue weighted by molar-refractivity contribution is -0.118. The predicted octanol–water partition coefficient (Wildman–Crippen LogP) is 2.05. The zero-order valence-corrected chi connectivity index (χ0v) is 13.7. The molecule has 0 aliphatic carbocycles. The second-order valence-corrected chi connectivity index (χ2v) is 5.87. The van der Waals surface area contributed by atoms with Gasteiger partial charge in [-0.1, -0.05) is 18.2 Å². The van der Waals surface area contributed by atoms with Crippen LogP contribution >= 0.6 is 0 Å². The quantitative estimate of drug-likeness (QED) is 0.736. The molecule has 1 aliphatic heterocycles. The van der Waals surface area contributed by atoms with Gasteiger partial charge < -0.3 is 15.1 Å². The lowest BCUT2D eigenvalue weighted by Crippen LogP contribution is -2.46. The van der Waals surface area contributed by atoms with Crippen LogP contribution in [-0.4, -0.2) is 52.4 Å². The summed E-state index contributed by atoms with van der Waals surface area (Å²) in [5.41, 5.74) is 1.76. The molecular formula is C18H18N6O. The number of anilines is 3. The summed E-state index contributed by atoms with van der Waals surface area (Å²) in [6, 6.07) is 11.8. The number of nitrogens with one attached hydrogen (secondary N) is 1. The van der Waals surface area contributed by atoms with Crippen LogP contribution in [0.25, 0.3) is 10.9 Å². The second-order valence-electron chi connectivity index (χ2n) is 5.87. The highest BCUT2D eigenvalue weighted by Gasteiger charge is 2.17. The monoisotopic (exact) mass is 334 g/mol. The Hall–Kier alpha value is -3.22. The van der Waals surface area contributed by atoms with Gasteiger partial charge in [0, 0.05) is 44.0 Å². The second kappa shape index (κ2) is 6.72. The third-order valence-corrected chi connectivity index (χ3v) is 4.31. The predicted molar refractivity (Wildman–Crippen MR) is 96.9 cm³/mol.